The fourth-order valence-corrected chi connectivity index (χ4v) is 10.7. The van der Waals surface area contributed by atoms with E-state index in [1.165, 1.54) is 87.0 Å². The van der Waals surface area contributed by atoms with Crippen LogP contribution in [0.1, 0.15) is 43.0 Å². The van der Waals surface area contributed by atoms with Crippen molar-refractivity contribution >= 4 is 44.7 Å². The summed E-state index contributed by atoms with van der Waals surface area (Å²) < 4.78 is 6.43. The van der Waals surface area contributed by atoms with Crippen LogP contribution in [0.2, 0.25) is 0 Å². The average Bonchev–Trinajstić information content (AvgIpc) is 3.53. The fourth-order valence-electron chi connectivity index (χ4n) is 9.40. The first-order chi connectivity index (χ1) is 28.3. The van der Waals surface area contributed by atoms with Crippen molar-refractivity contribution in [3.63, 3.8) is 0 Å². The lowest BCUT2D eigenvalue weighted by Gasteiger charge is -2.40. The maximum Gasteiger partial charge on any atom is 0.121 e. The van der Waals surface area contributed by atoms with Crippen LogP contribution in [0.25, 0.3) is 54.9 Å². The molecule has 11 rings (SSSR count). The van der Waals surface area contributed by atoms with Crippen molar-refractivity contribution in [2.75, 3.05) is 5.32 Å². The number of fused-ring (bicyclic) bond motifs is 12. The molecule has 0 saturated heterocycles. The molecule has 2 aliphatic rings. The largest absolute Gasteiger partial charge is 0.488 e. The van der Waals surface area contributed by atoms with Crippen molar-refractivity contribution in [3.8, 4) is 39.1 Å². The van der Waals surface area contributed by atoms with Crippen LogP contribution < -0.4 is 10.1 Å². The van der Waals surface area contributed by atoms with Crippen molar-refractivity contribution in [2.45, 2.75) is 41.6 Å². The number of hydrogen-bond donors (Lipinski definition) is 1. The van der Waals surface area contributed by atoms with Gasteiger partial charge in [0.2, 0.25) is 0 Å². The second-order valence-corrected chi connectivity index (χ2v) is 17.6. The summed E-state index contributed by atoms with van der Waals surface area (Å²) >= 11 is 1.84. The van der Waals surface area contributed by atoms with Gasteiger partial charge >= 0.3 is 0 Å². The van der Waals surface area contributed by atoms with Gasteiger partial charge in [-0.1, -0.05) is 151 Å². The van der Waals surface area contributed by atoms with Crippen LogP contribution in [0.4, 0.5) is 11.4 Å². The van der Waals surface area contributed by atoms with Gasteiger partial charge in [-0.2, -0.15) is 0 Å². The van der Waals surface area contributed by atoms with Crippen LogP contribution in [0.5, 0.6) is 5.75 Å². The lowest BCUT2D eigenvalue weighted by atomic mass is 9.67. The van der Waals surface area contributed by atoms with Gasteiger partial charge < -0.3 is 10.1 Å². The van der Waals surface area contributed by atoms with Gasteiger partial charge in [0.05, 0.1) is 5.41 Å². The quantitative estimate of drug-likeness (QED) is 0.176. The summed E-state index contributed by atoms with van der Waals surface area (Å²) in [6.07, 6.45) is 0. The topological polar surface area (TPSA) is 21.3 Å². The second-order valence-electron chi connectivity index (χ2n) is 16.5. The molecule has 0 bridgehead atoms. The highest BCUT2D eigenvalue weighted by Gasteiger charge is 2.50. The Hall–Kier alpha value is -6.55. The molecule has 1 aliphatic carbocycles. The molecule has 0 aromatic heterocycles. The number of anilines is 2. The van der Waals surface area contributed by atoms with Crippen molar-refractivity contribution in [1.29, 1.82) is 0 Å². The zero-order valence-electron chi connectivity index (χ0n) is 32.7. The maximum absolute atomic E-state index is 6.43. The fraction of sp³-hybridized carbons (Fsp3) is 0.0909. The van der Waals surface area contributed by atoms with Gasteiger partial charge in [-0.25, -0.2) is 0 Å². The summed E-state index contributed by atoms with van der Waals surface area (Å²) in [7, 11) is 0. The maximum atomic E-state index is 6.43. The summed E-state index contributed by atoms with van der Waals surface area (Å²) in [6, 6.07) is 69.1. The smallest absolute Gasteiger partial charge is 0.121 e. The standard InChI is InChI=1S/C55H41NOS/c1-54(2,3)57-43-26-29-51-53(34-43)58-52-33-42(25-28-50(52)55(51)48-20-8-6-18-46(48)47-19-7-9-21-49(47)55)56-41-16-11-15-38(32-41)36-13-10-14-37(30-36)39-24-27-45-40(31-39)23-22-35-12-4-5-17-44(35)45/h4-34,56H,1-3H3. The van der Waals surface area contributed by atoms with Crippen LogP contribution in [0, 0.1) is 0 Å². The highest BCUT2D eigenvalue weighted by molar-refractivity contribution is 7.99. The zero-order chi connectivity index (χ0) is 39.0. The molecule has 1 N–H and O–H groups in total. The first-order valence-corrected chi connectivity index (χ1v) is 20.9. The summed E-state index contributed by atoms with van der Waals surface area (Å²) in [5, 5.41) is 8.89. The van der Waals surface area contributed by atoms with Gasteiger partial charge in [0, 0.05) is 21.2 Å². The Bertz CT molecular complexity index is 3050. The molecule has 0 saturated carbocycles. The minimum atomic E-state index is -0.439. The molecule has 2 nitrogen and oxygen atoms in total. The van der Waals surface area contributed by atoms with Crippen LogP contribution in [0.15, 0.2) is 198 Å². The van der Waals surface area contributed by atoms with E-state index in [-0.39, 0.29) is 5.60 Å². The molecule has 9 aromatic rings. The Balaban J connectivity index is 0.956. The lowest BCUT2D eigenvalue weighted by molar-refractivity contribution is 0.130. The number of hydrogen-bond acceptors (Lipinski definition) is 3. The number of benzene rings is 9. The third kappa shape index (κ3) is 5.64. The molecule has 1 aliphatic heterocycles. The van der Waals surface area contributed by atoms with Crippen molar-refractivity contribution in [1.82, 2.24) is 0 Å². The Morgan fingerprint density at radius 2 is 1.02 bits per heavy atom. The Labute approximate surface area is 344 Å². The van der Waals surface area contributed by atoms with E-state index < -0.39 is 5.41 Å². The van der Waals surface area contributed by atoms with E-state index in [1.807, 2.05) is 11.8 Å². The van der Waals surface area contributed by atoms with Gasteiger partial charge in [-0.15, -0.1) is 0 Å². The summed E-state index contributed by atoms with van der Waals surface area (Å²) in [5.41, 5.74) is 14.0. The van der Waals surface area contributed by atoms with Crippen molar-refractivity contribution < 1.29 is 4.74 Å². The molecule has 1 spiro atoms. The van der Waals surface area contributed by atoms with E-state index in [4.69, 9.17) is 4.74 Å². The molecular weight excluding hydrogens is 723 g/mol. The molecule has 3 heteroatoms. The third-order valence-electron chi connectivity index (χ3n) is 11.8. The van der Waals surface area contributed by atoms with Crippen molar-refractivity contribution in [2.24, 2.45) is 0 Å². The van der Waals surface area contributed by atoms with Crippen LogP contribution in [-0.2, 0) is 5.41 Å². The monoisotopic (exact) mass is 763 g/mol. The van der Waals surface area contributed by atoms with Crippen LogP contribution in [-0.4, -0.2) is 5.60 Å². The van der Waals surface area contributed by atoms with Gasteiger partial charge in [0.25, 0.3) is 0 Å². The van der Waals surface area contributed by atoms with Crippen molar-refractivity contribution in [3.05, 3.63) is 210 Å². The number of nitrogens with one attached hydrogen (secondary N) is 1. The first-order valence-electron chi connectivity index (χ1n) is 20.1. The second kappa shape index (κ2) is 13.3. The number of ether oxygens (including phenoxy) is 1. The van der Waals surface area contributed by atoms with Crippen LogP contribution in [0.3, 0.4) is 0 Å². The molecule has 58 heavy (non-hydrogen) atoms. The Morgan fingerprint density at radius 3 is 1.78 bits per heavy atom. The predicted octanol–water partition coefficient (Wildman–Crippen LogP) is 15.1. The minimum absolute atomic E-state index is 0.297. The van der Waals surface area contributed by atoms with Gasteiger partial charge in [-0.05, 0) is 146 Å². The Kier molecular flexibility index (Phi) is 7.93. The zero-order valence-corrected chi connectivity index (χ0v) is 33.5. The minimum Gasteiger partial charge on any atom is -0.488 e. The summed E-state index contributed by atoms with van der Waals surface area (Å²) in [4.78, 5) is 2.46. The van der Waals surface area contributed by atoms with E-state index in [0.29, 0.717) is 0 Å². The van der Waals surface area contributed by atoms with E-state index in [9.17, 15) is 0 Å². The highest BCUT2D eigenvalue weighted by Crippen LogP contribution is 2.62. The molecule has 0 fully saturated rings. The lowest BCUT2D eigenvalue weighted by Crippen LogP contribution is -2.32. The molecule has 0 radical (unpaired) electrons. The molecule has 0 amide bonds. The average molecular weight is 764 g/mol. The predicted molar refractivity (Wildman–Crippen MR) is 244 cm³/mol. The van der Waals surface area contributed by atoms with Gasteiger partial charge in [0.15, 0.2) is 0 Å². The molecular formula is C55H41NOS. The van der Waals surface area contributed by atoms with Gasteiger partial charge in [-0.3, -0.25) is 0 Å². The number of rotatable bonds is 5. The van der Waals surface area contributed by atoms with E-state index in [2.05, 4.69) is 214 Å². The molecule has 0 atom stereocenters. The Morgan fingerprint density at radius 1 is 0.431 bits per heavy atom. The molecule has 1 heterocycles. The molecule has 0 unspecified atom stereocenters. The van der Waals surface area contributed by atoms with E-state index >= 15 is 0 Å². The highest BCUT2D eigenvalue weighted by atomic mass is 32.2. The summed E-state index contributed by atoms with van der Waals surface area (Å²) in [5.74, 6) is 0.890. The normalized spacial score (nSPS) is 13.5. The van der Waals surface area contributed by atoms with Crippen LogP contribution >= 0.6 is 11.8 Å². The SMILES string of the molecule is CC(C)(C)Oc1ccc2c(c1)Sc1cc(Nc3cccc(-c4cccc(-c5ccc6c(ccc7ccccc76)c5)c4)c3)ccc1C21c2ccccc2-c2ccccc21. The molecule has 9 aromatic carbocycles. The first kappa shape index (κ1) is 34.7. The van der Waals surface area contributed by atoms with E-state index in [1.54, 1.807) is 0 Å². The third-order valence-corrected chi connectivity index (χ3v) is 12.9. The molecule has 278 valence electrons. The summed E-state index contributed by atoms with van der Waals surface area (Å²) in [6.45, 7) is 6.32. The van der Waals surface area contributed by atoms with E-state index in [0.717, 1.165) is 17.1 Å². The van der Waals surface area contributed by atoms with Gasteiger partial charge in [0.1, 0.15) is 11.4 Å².